The zero-order valence-electron chi connectivity index (χ0n) is 16.0. The van der Waals surface area contributed by atoms with Crippen LogP contribution in [0.2, 0.25) is 0 Å². The zero-order valence-corrected chi connectivity index (χ0v) is 16.0. The lowest BCUT2D eigenvalue weighted by atomic mass is 10.1. The smallest absolute Gasteiger partial charge is 0.324 e. The van der Waals surface area contributed by atoms with Crippen molar-refractivity contribution in [3.8, 4) is 0 Å². The Morgan fingerprint density at radius 1 is 1.33 bits per heavy atom. The van der Waals surface area contributed by atoms with Gasteiger partial charge >= 0.3 is 6.03 Å². The Balaban J connectivity index is 1.70. The number of hydrogen-bond acceptors (Lipinski definition) is 4. The lowest BCUT2D eigenvalue weighted by Crippen LogP contribution is -2.51. The Labute approximate surface area is 159 Å². The standard InChI is InChI=1S/C20H27N5O2/c1-13(2)6-8-17-22-19-15(4-3-5-16(19)25(17)20(21)27)23-10-11-24-14(12-23)7-9-18(24)26/h3-5,13-14H,6-12H2,1-2H3,(H2,21,27). The van der Waals surface area contributed by atoms with Gasteiger partial charge in [-0.3, -0.25) is 4.79 Å². The number of aryl methyl sites for hydroxylation is 1. The first-order valence-electron chi connectivity index (χ1n) is 9.80. The van der Waals surface area contributed by atoms with Crippen molar-refractivity contribution in [2.75, 3.05) is 24.5 Å². The van der Waals surface area contributed by atoms with Gasteiger partial charge < -0.3 is 15.5 Å². The number of amides is 2. The van der Waals surface area contributed by atoms with Crippen molar-refractivity contribution in [1.82, 2.24) is 14.5 Å². The monoisotopic (exact) mass is 369 g/mol. The molecule has 4 rings (SSSR count). The summed E-state index contributed by atoms with van der Waals surface area (Å²) in [7, 11) is 0. The molecule has 2 N–H and O–H groups in total. The lowest BCUT2D eigenvalue weighted by molar-refractivity contribution is -0.129. The van der Waals surface area contributed by atoms with Crippen LogP contribution in [0.1, 0.15) is 38.9 Å². The summed E-state index contributed by atoms with van der Waals surface area (Å²) in [6.45, 7) is 6.66. The summed E-state index contributed by atoms with van der Waals surface area (Å²) in [4.78, 5) is 33.2. The molecule has 1 aromatic carbocycles. The summed E-state index contributed by atoms with van der Waals surface area (Å²) in [5.41, 5.74) is 8.29. The van der Waals surface area contributed by atoms with E-state index in [4.69, 9.17) is 10.7 Å². The predicted octanol–water partition coefficient (Wildman–Crippen LogP) is 2.36. The van der Waals surface area contributed by atoms with E-state index in [1.165, 1.54) is 0 Å². The van der Waals surface area contributed by atoms with Gasteiger partial charge in [-0.15, -0.1) is 0 Å². The molecule has 27 heavy (non-hydrogen) atoms. The van der Waals surface area contributed by atoms with E-state index < -0.39 is 6.03 Å². The first kappa shape index (κ1) is 17.8. The lowest BCUT2D eigenvalue weighted by Gasteiger charge is -2.38. The minimum absolute atomic E-state index is 0.270. The molecule has 0 spiro atoms. The van der Waals surface area contributed by atoms with Gasteiger partial charge in [0.1, 0.15) is 11.3 Å². The maximum absolute atomic E-state index is 12.1. The maximum Gasteiger partial charge on any atom is 0.324 e. The second-order valence-corrected chi connectivity index (χ2v) is 8.00. The van der Waals surface area contributed by atoms with Gasteiger partial charge in [0.05, 0.1) is 11.2 Å². The highest BCUT2D eigenvalue weighted by Gasteiger charge is 2.36. The molecule has 144 valence electrons. The van der Waals surface area contributed by atoms with Gasteiger partial charge in [-0.1, -0.05) is 19.9 Å². The Morgan fingerprint density at radius 2 is 2.15 bits per heavy atom. The van der Waals surface area contributed by atoms with Crippen molar-refractivity contribution in [1.29, 1.82) is 0 Å². The van der Waals surface area contributed by atoms with Crippen LogP contribution in [0.15, 0.2) is 18.2 Å². The molecule has 0 saturated carbocycles. The van der Waals surface area contributed by atoms with Gasteiger partial charge in [0, 0.05) is 38.5 Å². The fraction of sp³-hybridized carbons (Fsp3) is 0.550. The fourth-order valence-electron chi connectivity index (χ4n) is 4.30. The highest BCUT2D eigenvalue weighted by Crippen LogP contribution is 2.31. The molecule has 1 aromatic heterocycles. The van der Waals surface area contributed by atoms with Crippen molar-refractivity contribution in [2.24, 2.45) is 11.7 Å². The minimum atomic E-state index is -0.486. The second-order valence-electron chi connectivity index (χ2n) is 8.00. The number of fused-ring (bicyclic) bond motifs is 2. The third-order valence-corrected chi connectivity index (χ3v) is 5.73. The Morgan fingerprint density at radius 3 is 2.89 bits per heavy atom. The minimum Gasteiger partial charge on any atom is -0.366 e. The van der Waals surface area contributed by atoms with Gasteiger partial charge in [-0.2, -0.15) is 0 Å². The molecule has 7 nitrogen and oxygen atoms in total. The summed E-state index contributed by atoms with van der Waals surface area (Å²) in [5.74, 6) is 1.53. The number of benzene rings is 1. The number of para-hydroxylation sites is 1. The number of carbonyl (C=O) groups is 2. The quantitative estimate of drug-likeness (QED) is 0.897. The van der Waals surface area contributed by atoms with E-state index in [1.807, 2.05) is 17.0 Å². The number of aromatic nitrogens is 2. The average molecular weight is 369 g/mol. The molecule has 0 radical (unpaired) electrons. The average Bonchev–Trinajstić information content (AvgIpc) is 3.20. The van der Waals surface area contributed by atoms with E-state index in [1.54, 1.807) is 4.57 Å². The molecule has 1 atom stereocenters. The van der Waals surface area contributed by atoms with Crippen LogP contribution in [0.5, 0.6) is 0 Å². The molecular weight excluding hydrogens is 342 g/mol. The van der Waals surface area contributed by atoms with Gasteiger partial charge in [-0.05, 0) is 30.9 Å². The van der Waals surface area contributed by atoms with Gasteiger partial charge in [0.15, 0.2) is 0 Å². The fourth-order valence-corrected chi connectivity index (χ4v) is 4.30. The Bertz CT molecular complexity index is 888. The molecule has 2 aliphatic heterocycles. The number of primary amides is 1. The molecule has 2 fully saturated rings. The summed E-state index contributed by atoms with van der Waals surface area (Å²) >= 11 is 0. The van der Waals surface area contributed by atoms with Crippen LogP contribution in [-0.4, -0.2) is 52.1 Å². The van der Waals surface area contributed by atoms with Crippen LogP contribution in [0.25, 0.3) is 11.0 Å². The summed E-state index contributed by atoms with van der Waals surface area (Å²) in [5, 5.41) is 0. The maximum atomic E-state index is 12.1. The molecule has 2 aliphatic rings. The normalized spacial score (nSPS) is 20.0. The Hall–Kier alpha value is -2.57. The van der Waals surface area contributed by atoms with Crippen LogP contribution in [0, 0.1) is 5.92 Å². The number of imidazole rings is 1. The molecule has 2 saturated heterocycles. The first-order valence-corrected chi connectivity index (χ1v) is 9.80. The van der Waals surface area contributed by atoms with Gasteiger partial charge in [0.25, 0.3) is 0 Å². The van der Waals surface area contributed by atoms with Crippen LogP contribution in [0.3, 0.4) is 0 Å². The van der Waals surface area contributed by atoms with Gasteiger partial charge in [0.2, 0.25) is 5.91 Å². The van der Waals surface area contributed by atoms with E-state index >= 15 is 0 Å². The molecule has 1 unspecified atom stereocenters. The highest BCUT2D eigenvalue weighted by molar-refractivity contribution is 5.96. The number of carbonyl (C=O) groups excluding carboxylic acids is 2. The molecule has 3 heterocycles. The molecule has 2 aromatic rings. The number of nitrogens with two attached hydrogens (primary N) is 1. The van der Waals surface area contributed by atoms with Crippen LogP contribution in [0.4, 0.5) is 10.5 Å². The van der Waals surface area contributed by atoms with Crippen molar-refractivity contribution in [2.45, 2.75) is 45.6 Å². The molecule has 7 heteroatoms. The van der Waals surface area contributed by atoms with E-state index in [-0.39, 0.29) is 11.9 Å². The third-order valence-electron chi connectivity index (χ3n) is 5.73. The van der Waals surface area contributed by atoms with Crippen LogP contribution < -0.4 is 10.6 Å². The summed E-state index contributed by atoms with van der Waals surface area (Å²) in [6.07, 6.45) is 3.24. The van der Waals surface area contributed by atoms with Crippen LogP contribution >= 0.6 is 0 Å². The van der Waals surface area contributed by atoms with Crippen molar-refractivity contribution < 1.29 is 9.59 Å². The number of anilines is 1. The number of hydrogen-bond donors (Lipinski definition) is 1. The molecule has 0 aliphatic carbocycles. The van der Waals surface area contributed by atoms with Crippen LogP contribution in [-0.2, 0) is 11.2 Å². The highest BCUT2D eigenvalue weighted by atomic mass is 16.2. The molecule has 2 amide bonds. The third kappa shape index (κ3) is 3.15. The zero-order chi connectivity index (χ0) is 19.1. The molecule has 0 bridgehead atoms. The van der Waals surface area contributed by atoms with Crippen molar-refractivity contribution in [3.05, 3.63) is 24.0 Å². The SMILES string of the molecule is CC(C)CCc1nc2c(N3CCN4C(=O)CCC4C3)cccc2n1C(N)=O. The van der Waals surface area contributed by atoms with Crippen molar-refractivity contribution >= 4 is 28.7 Å². The first-order chi connectivity index (χ1) is 13.0. The molecular formula is C20H27N5O2. The topological polar surface area (TPSA) is 84.5 Å². The number of rotatable bonds is 4. The van der Waals surface area contributed by atoms with E-state index in [0.717, 1.165) is 61.4 Å². The second kappa shape index (κ2) is 6.87. The number of nitrogens with zero attached hydrogens (tertiary/aromatic N) is 4. The predicted molar refractivity (Wildman–Crippen MR) is 105 cm³/mol. The largest absolute Gasteiger partial charge is 0.366 e. The summed E-state index contributed by atoms with van der Waals surface area (Å²) < 4.78 is 1.55. The Kier molecular flexibility index (Phi) is 4.53. The van der Waals surface area contributed by atoms with Crippen molar-refractivity contribution in [3.63, 3.8) is 0 Å². The van der Waals surface area contributed by atoms with Gasteiger partial charge in [-0.25, -0.2) is 14.3 Å². The number of piperazine rings is 1. The van der Waals surface area contributed by atoms with E-state index in [2.05, 4.69) is 24.8 Å². The van der Waals surface area contributed by atoms with E-state index in [9.17, 15) is 9.59 Å². The summed E-state index contributed by atoms with van der Waals surface area (Å²) in [6, 6.07) is 5.71. The van der Waals surface area contributed by atoms with E-state index in [0.29, 0.717) is 12.3 Å².